The van der Waals surface area contributed by atoms with Crippen LogP contribution in [0.4, 0.5) is 0 Å². The molecule has 0 rings (SSSR count). The normalized spacial score (nSPS) is 12.0. The summed E-state index contributed by atoms with van der Waals surface area (Å²) in [7, 11) is 0. The van der Waals surface area contributed by atoms with E-state index in [0.29, 0.717) is 0 Å². The largest absolute Gasteiger partial charge is 0.343 e. The Balaban J connectivity index is 3.17. The van der Waals surface area contributed by atoms with Gasteiger partial charge in [-0.05, 0) is 0 Å². The molecule has 0 aliphatic carbocycles. The summed E-state index contributed by atoms with van der Waals surface area (Å²) < 4.78 is 0. The van der Waals surface area contributed by atoms with Crippen LogP contribution in [0.15, 0.2) is 0 Å². The quantitative estimate of drug-likeness (QED) is 0.324. The van der Waals surface area contributed by atoms with Crippen molar-refractivity contribution in [1.29, 1.82) is 0 Å². The summed E-state index contributed by atoms with van der Waals surface area (Å²) in [6.07, 6.45) is 0. The minimum absolute atomic E-state index is 0.812. The standard InChI is InChI=1S/C2H6NO3/c3-1-2(4,5)6/h3-6H,1H2. The molecule has 4 nitrogen and oxygen atoms in total. The molecule has 0 unspecified atom stereocenters. The second kappa shape index (κ2) is 1.53. The molecule has 1 radical (unpaired) electrons. The van der Waals surface area contributed by atoms with Crippen LogP contribution in [0, 0.1) is 0 Å². The van der Waals surface area contributed by atoms with Crippen molar-refractivity contribution in [1.82, 2.24) is 5.73 Å². The number of nitrogens with one attached hydrogen (secondary N) is 1. The van der Waals surface area contributed by atoms with Crippen LogP contribution >= 0.6 is 0 Å². The smallest absolute Gasteiger partial charge is 0.290 e. The van der Waals surface area contributed by atoms with Gasteiger partial charge in [0, 0.05) is 0 Å². The number of rotatable bonds is 1. The third-order valence-corrected chi connectivity index (χ3v) is 0.237. The van der Waals surface area contributed by atoms with Gasteiger partial charge in [0.1, 0.15) is 0 Å². The second-order valence-corrected chi connectivity index (χ2v) is 0.951. The molecule has 37 valence electrons. The Kier molecular flexibility index (Phi) is 1.48. The van der Waals surface area contributed by atoms with E-state index < -0.39 is 12.5 Å². The summed E-state index contributed by atoms with van der Waals surface area (Å²) in [4.78, 5) is 0. The molecule has 0 aromatic carbocycles. The molecule has 0 aromatic heterocycles. The Morgan fingerprint density at radius 3 is 1.50 bits per heavy atom. The van der Waals surface area contributed by atoms with Crippen molar-refractivity contribution >= 4 is 0 Å². The van der Waals surface area contributed by atoms with Crippen molar-refractivity contribution in [2.75, 3.05) is 6.54 Å². The molecule has 0 aromatic rings. The van der Waals surface area contributed by atoms with Crippen LogP contribution in [0.2, 0.25) is 0 Å². The molecule has 0 aliphatic heterocycles. The van der Waals surface area contributed by atoms with E-state index in [2.05, 4.69) is 0 Å². The maximum atomic E-state index is 7.75. The van der Waals surface area contributed by atoms with Crippen molar-refractivity contribution in [3.05, 3.63) is 0 Å². The highest BCUT2D eigenvalue weighted by Gasteiger charge is 2.13. The van der Waals surface area contributed by atoms with Crippen LogP contribution in [0.1, 0.15) is 0 Å². The van der Waals surface area contributed by atoms with Gasteiger partial charge in [-0.1, -0.05) is 0 Å². The van der Waals surface area contributed by atoms with Crippen LogP contribution in [-0.2, 0) is 0 Å². The highest BCUT2D eigenvalue weighted by atomic mass is 16.7. The minimum Gasteiger partial charge on any atom is -0.343 e. The summed E-state index contributed by atoms with van der Waals surface area (Å²) in [5.41, 5.74) is 6.10. The number of aliphatic hydroxyl groups is 3. The molecular weight excluding hydrogens is 86.0 g/mol. The molecule has 4 N–H and O–H groups in total. The first kappa shape index (κ1) is 5.84. The molecular formula is C2H6NO3. The molecule has 0 amide bonds. The van der Waals surface area contributed by atoms with E-state index in [9.17, 15) is 0 Å². The fourth-order valence-electron chi connectivity index (χ4n) is 0. The molecule has 0 saturated heterocycles. The van der Waals surface area contributed by atoms with E-state index in [0.717, 1.165) is 0 Å². The molecule has 0 heterocycles. The van der Waals surface area contributed by atoms with Crippen molar-refractivity contribution in [3.8, 4) is 0 Å². The lowest BCUT2D eigenvalue weighted by Crippen LogP contribution is -2.32. The van der Waals surface area contributed by atoms with Crippen LogP contribution in [-0.4, -0.2) is 27.8 Å². The second-order valence-electron chi connectivity index (χ2n) is 0.951. The lowest BCUT2D eigenvalue weighted by molar-refractivity contribution is -0.303. The zero-order chi connectivity index (χ0) is 5.21. The van der Waals surface area contributed by atoms with Crippen molar-refractivity contribution in [3.63, 3.8) is 0 Å². The molecule has 0 aliphatic rings. The van der Waals surface area contributed by atoms with E-state index in [1.807, 2.05) is 0 Å². The Morgan fingerprint density at radius 1 is 1.33 bits per heavy atom. The first-order chi connectivity index (χ1) is 2.56. The number of hydrogen-bond donors (Lipinski definition) is 3. The first-order valence-corrected chi connectivity index (χ1v) is 1.38. The van der Waals surface area contributed by atoms with Crippen LogP contribution < -0.4 is 5.73 Å². The Hall–Kier alpha value is -0.160. The minimum atomic E-state index is -2.79. The van der Waals surface area contributed by atoms with Gasteiger partial charge in [0.25, 0.3) is 5.97 Å². The predicted molar refractivity (Wildman–Crippen MR) is 17.4 cm³/mol. The summed E-state index contributed by atoms with van der Waals surface area (Å²) in [5.74, 6) is -2.79. The summed E-state index contributed by atoms with van der Waals surface area (Å²) in [6.45, 7) is -0.812. The predicted octanol–water partition coefficient (Wildman–Crippen LogP) is -2.10. The van der Waals surface area contributed by atoms with E-state index in [1.54, 1.807) is 0 Å². The molecule has 0 bridgehead atoms. The Bertz CT molecular complexity index is 38.5. The topological polar surface area (TPSA) is 84.5 Å². The van der Waals surface area contributed by atoms with Gasteiger partial charge >= 0.3 is 0 Å². The maximum Gasteiger partial charge on any atom is 0.290 e. The zero-order valence-corrected chi connectivity index (χ0v) is 3.05. The Labute approximate surface area is 34.8 Å². The van der Waals surface area contributed by atoms with Gasteiger partial charge < -0.3 is 15.3 Å². The van der Waals surface area contributed by atoms with Gasteiger partial charge in [0.05, 0.1) is 6.54 Å². The average molecular weight is 92.1 g/mol. The summed E-state index contributed by atoms with van der Waals surface area (Å²) in [6, 6.07) is 0. The van der Waals surface area contributed by atoms with E-state index >= 15 is 0 Å². The van der Waals surface area contributed by atoms with Gasteiger partial charge in [0.15, 0.2) is 0 Å². The third kappa shape index (κ3) is 3.84. The van der Waals surface area contributed by atoms with Crippen molar-refractivity contribution in [2.24, 2.45) is 0 Å². The zero-order valence-electron chi connectivity index (χ0n) is 3.05. The summed E-state index contributed by atoms with van der Waals surface area (Å²) >= 11 is 0. The molecule has 6 heavy (non-hydrogen) atoms. The maximum absolute atomic E-state index is 7.75. The highest BCUT2D eigenvalue weighted by molar-refractivity contribution is 4.40. The van der Waals surface area contributed by atoms with Crippen LogP contribution in [0.25, 0.3) is 0 Å². The van der Waals surface area contributed by atoms with Crippen LogP contribution in [0.3, 0.4) is 0 Å². The molecule has 4 heteroatoms. The highest BCUT2D eigenvalue weighted by Crippen LogP contribution is 1.83. The van der Waals surface area contributed by atoms with E-state index in [1.165, 1.54) is 0 Å². The molecule has 0 saturated carbocycles. The van der Waals surface area contributed by atoms with Gasteiger partial charge in [-0.15, -0.1) is 0 Å². The lowest BCUT2D eigenvalue weighted by Gasteiger charge is -2.07. The first-order valence-electron chi connectivity index (χ1n) is 1.38. The third-order valence-electron chi connectivity index (χ3n) is 0.237. The van der Waals surface area contributed by atoms with Crippen molar-refractivity contribution in [2.45, 2.75) is 5.97 Å². The van der Waals surface area contributed by atoms with E-state index in [-0.39, 0.29) is 0 Å². The summed E-state index contributed by atoms with van der Waals surface area (Å²) in [5, 5.41) is 23.2. The fourth-order valence-corrected chi connectivity index (χ4v) is 0. The van der Waals surface area contributed by atoms with Gasteiger partial charge in [-0.3, -0.25) is 0 Å². The van der Waals surface area contributed by atoms with Gasteiger partial charge in [-0.2, -0.15) is 0 Å². The van der Waals surface area contributed by atoms with Crippen molar-refractivity contribution < 1.29 is 15.3 Å². The van der Waals surface area contributed by atoms with Gasteiger partial charge in [0.2, 0.25) is 0 Å². The average Bonchev–Trinajstić information content (AvgIpc) is 1.35. The SMILES string of the molecule is [NH]CC(O)(O)O. The lowest BCUT2D eigenvalue weighted by atomic mass is 10.6. The van der Waals surface area contributed by atoms with Crippen LogP contribution in [0.5, 0.6) is 0 Å². The fraction of sp³-hybridized carbons (Fsp3) is 1.00. The van der Waals surface area contributed by atoms with E-state index in [4.69, 9.17) is 21.1 Å². The number of hydrogen-bond acceptors (Lipinski definition) is 3. The Morgan fingerprint density at radius 2 is 1.50 bits per heavy atom. The molecule has 0 fully saturated rings. The molecule has 0 atom stereocenters. The molecule has 0 spiro atoms. The monoisotopic (exact) mass is 92.0 g/mol. The van der Waals surface area contributed by atoms with Gasteiger partial charge in [-0.25, -0.2) is 5.73 Å².